The minimum atomic E-state index is -0.604. The molecule has 2 amide bonds. The van der Waals surface area contributed by atoms with Crippen LogP contribution in [0.5, 0.6) is 0 Å². The number of aliphatic imine (C=N–C) groups is 1. The fraction of sp³-hybridized carbons (Fsp3) is 0.571. The highest BCUT2D eigenvalue weighted by Crippen LogP contribution is 2.17. The van der Waals surface area contributed by atoms with E-state index >= 15 is 0 Å². The van der Waals surface area contributed by atoms with Gasteiger partial charge in [0.25, 0.3) is 5.91 Å². The molecule has 0 aliphatic heterocycles. The van der Waals surface area contributed by atoms with Crippen molar-refractivity contribution in [2.45, 2.75) is 69.9 Å². The summed E-state index contributed by atoms with van der Waals surface area (Å²) in [6, 6.07) is 8.50. The molecule has 0 spiro atoms. The topological polar surface area (TPSA) is 123 Å². The Labute approximate surface area is 167 Å². The van der Waals surface area contributed by atoms with Gasteiger partial charge in [-0.2, -0.15) is 0 Å². The van der Waals surface area contributed by atoms with Crippen molar-refractivity contribution in [1.29, 1.82) is 0 Å². The zero-order valence-electron chi connectivity index (χ0n) is 16.5. The van der Waals surface area contributed by atoms with E-state index in [-0.39, 0.29) is 23.8 Å². The first kappa shape index (κ1) is 21.7. The lowest BCUT2D eigenvalue weighted by Crippen LogP contribution is -2.49. The number of amides is 2. The molecule has 0 heterocycles. The summed E-state index contributed by atoms with van der Waals surface area (Å²) in [5.41, 5.74) is 11.2. The third kappa shape index (κ3) is 7.98. The van der Waals surface area contributed by atoms with E-state index in [1.165, 1.54) is 19.3 Å². The lowest BCUT2D eigenvalue weighted by atomic mass is 9.96. The van der Waals surface area contributed by atoms with Gasteiger partial charge in [-0.25, -0.2) is 0 Å². The highest BCUT2D eigenvalue weighted by Gasteiger charge is 2.23. The van der Waals surface area contributed by atoms with Crippen molar-refractivity contribution in [2.75, 3.05) is 6.54 Å². The predicted octanol–water partition coefficient (Wildman–Crippen LogP) is 2.07. The zero-order chi connectivity index (χ0) is 20.2. The number of guanidine groups is 1. The van der Waals surface area contributed by atoms with E-state index in [0.29, 0.717) is 24.9 Å². The summed E-state index contributed by atoms with van der Waals surface area (Å²) in [4.78, 5) is 29.4. The second-order valence-electron chi connectivity index (χ2n) is 7.39. The Morgan fingerprint density at radius 3 is 2.32 bits per heavy atom. The van der Waals surface area contributed by atoms with Gasteiger partial charge >= 0.3 is 0 Å². The fourth-order valence-corrected chi connectivity index (χ4v) is 3.51. The van der Waals surface area contributed by atoms with E-state index in [4.69, 9.17) is 11.5 Å². The summed E-state index contributed by atoms with van der Waals surface area (Å²) >= 11 is 0. The predicted molar refractivity (Wildman–Crippen MR) is 112 cm³/mol. The normalized spacial score (nSPS) is 16.3. The van der Waals surface area contributed by atoms with E-state index in [1.807, 2.05) is 6.07 Å². The van der Waals surface area contributed by atoms with Gasteiger partial charge in [0.2, 0.25) is 5.91 Å². The number of nitrogens with two attached hydrogens (primary N) is 2. The van der Waals surface area contributed by atoms with E-state index in [1.54, 1.807) is 24.3 Å². The van der Waals surface area contributed by atoms with Crippen LogP contribution < -0.4 is 22.1 Å². The van der Waals surface area contributed by atoms with Gasteiger partial charge in [0.05, 0.1) is 0 Å². The number of hydrogen-bond donors (Lipinski definition) is 4. The molecule has 1 fully saturated rings. The van der Waals surface area contributed by atoms with Gasteiger partial charge in [-0.15, -0.1) is 0 Å². The maximum atomic E-state index is 12.9. The molecule has 1 atom stereocenters. The van der Waals surface area contributed by atoms with Crippen LogP contribution in [0.4, 0.5) is 0 Å². The summed E-state index contributed by atoms with van der Waals surface area (Å²) in [5, 5.41) is 6.03. The van der Waals surface area contributed by atoms with Gasteiger partial charge in [-0.05, 0) is 37.8 Å². The number of hydrogen-bond acceptors (Lipinski definition) is 3. The van der Waals surface area contributed by atoms with E-state index in [9.17, 15) is 9.59 Å². The second kappa shape index (κ2) is 12.0. The molecular weight excluding hydrogens is 354 g/mol. The molecule has 1 aromatic carbocycles. The molecule has 7 nitrogen and oxygen atoms in total. The third-order valence-electron chi connectivity index (χ3n) is 5.05. The molecule has 0 radical (unpaired) electrons. The summed E-state index contributed by atoms with van der Waals surface area (Å²) in [6.45, 7) is 0.427. The van der Waals surface area contributed by atoms with Crippen LogP contribution >= 0.6 is 0 Å². The van der Waals surface area contributed by atoms with Gasteiger partial charge < -0.3 is 22.1 Å². The van der Waals surface area contributed by atoms with Crippen molar-refractivity contribution < 1.29 is 9.59 Å². The Balaban J connectivity index is 1.97. The Morgan fingerprint density at radius 2 is 1.68 bits per heavy atom. The molecule has 0 bridgehead atoms. The first-order valence-electron chi connectivity index (χ1n) is 10.3. The van der Waals surface area contributed by atoms with Gasteiger partial charge in [-0.3, -0.25) is 14.6 Å². The molecule has 28 heavy (non-hydrogen) atoms. The molecule has 2 rings (SSSR count). The fourth-order valence-electron chi connectivity index (χ4n) is 3.51. The zero-order valence-corrected chi connectivity index (χ0v) is 16.5. The number of rotatable bonds is 8. The van der Waals surface area contributed by atoms with E-state index in [0.717, 1.165) is 25.7 Å². The first-order valence-corrected chi connectivity index (χ1v) is 10.3. The monoisotopic (exact) mass is 387 g/mol. The van der Waals surface area contributed by atoms with Crippen LogP contribution in [0.25, 0.3) is 0 Å². The van der Waals surface area contributed by atoms with Crippen LogP contribution in [0.15, 0.2) is 35.3 Å². The summed E-state index contributed by atoms with van der Waals surface area (Å²) in [7, 11) is 0. The number of nitrogens with zero attached hydrogens (tertiary/aromatic N) is 1. The van der Waals surface area contributed by atoms with Gasteiger partial charge in [0.1, 0.15) is 6.04 Å². The molecule has 7 heteroatoms. The molecule has 154 valence electrons. The lowest BCUT2D eigenvalue weighted by Gasteiger charge is -2.25. The Bertz CT molecular complexity index is 635. The van der Waals surface area contributed by atoms with Crippen molar-refractivity contribution in [1.82, 2.24) is 10.6 Å². The molecule has 1 aromatic rings. The van der Waals surface area contributed by atoms with Crippen LogP contribution in [0.1, 0.15) is 68.1 Å². The van der Waals surface area contributed by atoms with Crippen molar-refractivity contribution in [3.05, 3.63) is 35.9 Å². The Hall–Kier alpha value is -2.57. The smallest absolute Gasteiger partial charge is 0.251 e. The molecule has 1 aliphatic rings. The Kier molecular flexibility index (Phi) is 9.31. The minimum Gasteiger partial charge on any atom is -0.370 e. The SMILES string of the molecule is NC(N)=NCCC[C@H](NC(=O)c1ccccc1)C(=O)NC1CCCCCCC1. The van der Waals surface area contributed by atoms with E-state index in [2.05, 4.69) is 15.6 Å². The van der Waals surface area contributed by atoms with Crippen molar-refractivity contribution in [3.8, 4) is 0 Å². The molecule has 0 saturated heterocycles. The van der Waals surface area contributed by atoms with Crippen molar-refractivity contribution >= 4 is 17.8 Å². The van der Waals surface area contributed by atoms with Crippen LogP contribution in [0.3, 0.4) is 0 Å². The number of nitrogens with one attached hydrogen (secondary N) is 2. The van der Waals surface area contributed by atoms with Crippen LogP contribution in [-0.4, -0.2) is 36.4 Å². The van der Waals surface area contributed by atoms with Crippen LogP contribution in [0, 0.1) is 0 Å². The highest BCUT2D eigenvalue weighted by molar-refractivity contribution is 5.97. The number of carbonyl (C=O) groups is 2. The molecule has 1 aliphatic carbocycles. The molecule has 6 N–H and O–H groups in total. The van der Waals surface area contributed by atoms with Crippen molar-refractivity contribution in [3.63, 3.8) is 0 Å². The summed E-state index contributed by atoms with van der Waals surface area (Å²) < 4.78 is 0. The highest BCUT2D eigenvalue weighted by atomic mass is 16.2. The van der Waals surface area contributed by atoms with Crippen LogP contribution in [-0.2, 0) is 4.79 Å². The van der Waals surface area contributed by atoms with Gasteiger partial charge in [0.15, 0.2) is 5.96 Å². The maximum Gasteiger partial charge on any atom is 0.251 e. The quantitative estimate of drug-likeness (QED) is 0.310. The molecular formula is C21H33N5O2. The third-order valence-corrected chi connectivity index (χ3v) is 5.05. The average molecular weight is 388 g/mol. The number of benzene rings is 1. The first-order chi connectivity index (χ1) is 13.6. The van der Waals surface area contributed by atoms with Crippen molar-refractivity contribution in [2.24, 2.45) is 16.5 Å². The summed E-state index contributed by atoms with van der Waals surface area (Å²) in [5.74, 6) is -0.344. The average Bonchev–Trinajstić information content (AvgIpc) is 2.66. The number of carbonyl (C=O) groups excluding carboxylic acids is 2. The van der Waals surface area contributed by atoms with E-state index < -0.39 is 6.04 Å². The largest absolute Gasteiger partial charge is 0.370 e. The molecule has 0 aromatic heterocycles. The Morgan fingerprint density at radius 1 is 1.04 bits per heavy atom. The minimum absolute atomic E-state index is 0.0313. The standard InChI is InChI=1S/C21H33N5O2/c22-21(23)24-15-9-14-18(26-19(27)16-10-5-4-6-11-16)20(28)25-17-12-7-2-1-3-8-13-17/h4-6,10-11,17-18H,1-3,7-9,12-15H2,(H,25,28)(H,26,27)(H4,22,23,24)/t18-/m0/s1. The molecule has 1 saturated carbocycles. The maximum absolute atomic E-state index is 12.9. The second-order valence-corrected chi connectivity index (χ2v) is 7.39. The van der Waals surface area contributed by atoms with Gasteiger partial charge in [0, 0.05) is 18.2 Å². The van der Waals surface area contributed by atoms with Crippen LogP contribution in [0.2, 0.25) is 0 Å². The molecule has 0 unspecified atom stereocenters. The lowest BCUT2D eigenvalue weighted by molar-refractivity contribution is -0.124. The van der Waals surface area contributed by atoms with Gasteiger partial charge in [-0.1, -0.05) is 50.3 Å². The summed E-state index contributed by atoms with van der Waals surface area (Å²) in [6.07, 6.45) is 9.08.